The van der Waals surface area contributed by atoms with Crippen LogP contribution in [0.25, 0.3) is 0 Å². The highest BCUT2D eigenvalue weighted by Gasteiger charge is 2.48. The Bertz CT molecular complexity index is 529. The lowest BCUT2D eigenvalue weighted by atomic mass is 9.98. The Hall–Kier alpha value is -0.890. The van der Waals surface area contributed by atoms with Crippen molar-refractivity contribution in [1.82, 2.24) is 10.6 Å². The Morgan fingerprint density at radius 1 is 0.914 bits per heavy atom. The van der Waals surface area contributed by atoms with Crippen LogP contribution in [0.5, 0.6) is 0 Å². The smallest absolute Gasteiger partial charge is 0.252 e. The summed E-state index contributed by atoms with van der Waals surface area (Å²) in [4.78, 5) is 12.5. The van der Waals surface area contributed by atoms with Gasteiger partial charge in [-0.15, -0.1) is 0 Å². The number of carbonyl (C=O) groups excluding carboxylic acids is 1. The van der Waals surface area contributed by atoms with Gasteiger partial charge in [0.05, 0.1) is 25.9 Å². The maximum atomic E-state index is 12.5. The minimum Gasteiger partial charge on any atom is -0.389 e. The van der Waals surface area contributed by atoms with Gasteiger partial charge in [0.2, 0.25) is 0 Å². The van der Waals surface area contributed by atoms with E-state index in [1.807, 2.05) is 0 Å². The fourth-order valence-corrected chi connectivity index (χ4v) is 3.88. The van der Waals surface area contributed by atoms with Crippen molar-refractivity contribution >= 4 is 5.91 Å². The fourth-order valence-electron chi connectivity index (χ4n) is 3.88. The van der Waals surface area contributed by atoms with E-state index in [0.717, 1.165) is 13.0 Å². The highest BCUT2D eigenvalue weighted by atomic mass is 16.7. The Labute approximate surface area is 210 Å². The molecule has 0 aliphatic carbocycles. The van der Waals surface area contributed by atoms with Crippen LogP contribution in [0, 0.1) is 0 Å². The third-order valence-corrected chi connectivity index (χ3v) is 5.86. The van der Waals surface area contributed by atoms with E-state index >= 15 is 0 Å². The molecule has 1 saturated heterocycles. The molecule has 11 heteroatoms. The Morgan fingerprint density at radius 3 is 2.29 bits per heavy atom. The topological polar surface area (TPSA) is 137 Å². The third-order valence-electron chi connectivity index (χ3n) is 5.86. The van der Waals surface area contributed by atoms with E-state index < -0.39 is 42.7 Å². The molecule has 1 aliphatic heterocycles. The second-order valence-corrected chi connectivity index (χ2v) is 8.66. The molecule has 0 aromatic heterocycles. The average molecular weight is 509 g/mol. The van der Waals surface area contributed by atoms with Crippen molar-refractivity contribution < 1.29 is 43.4 Å². The summed E-state index contributed by atoms with van der Waals surface area (Å²) in [7, 11) is 4.31. The van der Waals surface area contributed by atoms with Crippen molar-refractivity contribution in [2.75, 3.05) is 67.4 Å². The number of methoxy groups -OCH3 is 3. The van der Waals surface area contributed by atoms with Crippen LogP contribution >= 0.6 is 0 Å². The van der Waals surface area contributed by atoms with Crippen LogP contribution in [0.4, 0.5) is 0 Å². The standard InChI is InChI=1S/C24H48N2O9/c1-5-6-7-8-9-10-13-33-14-15-34-17-18(27)16-25-11-12-26-23(29)21-19(28)20(30-2)22(31-3)24(32-4)35-21/h18-22,24-25,27-28H,5-17H2,1-4H3,(H,26,29). The van der Waals surface area contributed by atoms with Crippen LogP contribution in [0.2, 0.25) is 0 Å². The van der Waals surface area contributed by atoms with Gasteiger partial charge in [0.1, 0.15) is 18.3 Å². The van der Waals surface area contributed by atoms with Gasteiger partial charge < -0.3 is 49.3 Å². The molecule has 1 amide bonds. The lowest BCUT2D eigenvalue weighted by Gasteiger charge is -2.42. The number of aliphatic hydroxyl groups is 2. The van der Waals surface area contributed by atoms with Crippen molar-refractivity contribution in [3.63, 3.8) is 0 Å². The molecule has 1 aliphatic rings. The molecule has 4 N–H and O–H groups in total. The minimum atomic E-state index is -1.21. The van der Waals surface area contributed by atoms with E-state index in [4.69, 9.17) is 28.4 Å². The zero-order valence-electron chi connectivity index (χ0n) is 21.9. The fraction of sp³-hybridized carbons (Fsp3) is 0.958. The van der Waals surface area contributed by atoms with Crippen molar-refractivity contribution in [3.8, 4) is 0 Å². The predicted octanol–water partition coefficient (Wildman–Crippen LogP) is 0.209. The second-order valence-electron chi connectivity index (χ2n) is 8.66. The van der Waals surface area contributed by atoms with Gasteiger partial charge in [0.15, 0.2) is 12.4 Å². The number of amides is 1. The summed E-state index contributed by atoms with van der Waals surface area (Å²) in [6.07, 6.45) is 2.10. The molecule has 0 aromatic rings. The summed E-state index contributed by atoms with van der Waals surface area (Å²) in [5.74, 6) is -0.484. The van der Waals surface area contributed by atoms with Gasteiger partial charge in [-0.2, -0.15) is 0 Å². The van der Waals surface area contributed by atoms with E-state index in [1.165, 1.54) is 53.4 Å². The molecule has 0 radical (unpaired) electrons. The number of carbonyl (C=O) groups is 1. The molecular weight excluding hydrogens is 460 g/mol. The normalized spacial score (nSPS) is 25.5. The lowest BCUT2D eigenvalue weighted by molar-refractivity contribution is -0.292. The van der Waals surface area contributed by atoms with Crippen molar-refractivity contribution in [3.05, 3.63) is 0 Å². The molecule has 0 aromatic carbocycles. The van der Waals surface area contributed by atoms with Crippen LogP contribution < -0.4 is 10.6 Å². The molecule has 0 bridgehead atoms. The predicted molar refractivity (Wildman–Crippen MR) is 130 cm³/mol. The first kappa shape index (κ1) is 32.1. The SMILES string of the molecule is CCCCCCCCOCCOCC(O)CNCCNC(=O)C1OC(OC)C(OC)C(OC)C1O. The number of hydrogen-bond donors (Lipinski definition) is 4. The second kappa shape index (κ2) is 20.2. The molecule has 6 atom stereocenters. The summed E-state index contributed by atoms with van der Waals surface area (Å²) >= 11 is 0. The molecule has 11 nitrogen and oxygen atoms in total. The lowest BCUT2D eigenvalue weighted by Crippen LogP contribution is -2.63. The number of aliphatic hydroxyl groups excluding tert-OH is 2. The molecule has 208 valence electrons. The van der Waals surface area contributed by atoms with Crippen molar-refractivity contribution in [2.24, 2.45) is 0 Å². The van der Waals surface area contributed by atoms with Gasteiger partial charge >= 0.3 is 0 Å². The number of unbranched alkanes of at least 4 members (excludes halogenated alkanes) is 5. The zero-order chi connectivity index (χ0) is 25.9. The van der Waals surface area contributed by atoms with E-state index in [1.54, 1.807) is 0 Å². The quantitative estimate of drug-likeness (QED) is 0.159. The minimum absolute atomic E-state index is 0.208. The van der Waals surface area contributed by atoms with Gasteiger partial charge in [0, 0.05) is 47.6 Å². The number of nitrogens with one attached hydrogen (secondary N) is 2. The summed E-state index contributed by atoms with van der Waals surface area (Å²) in [6.45, 7) is 5.17. The molecule has 1 heterocycles. The molecule has 35 heavy (non-hydrogen) atoms. The highest BCUT2D eigenvalue weighted by molar-refractivity contribution is 5.81. The van der Waals surface area contributed by atoms with E-state index in [0.29, 0.717) is 26.3 Å². The molecule has 1 rings (SSSR count). The third kappa shape index (κ3) is 12.8. The molecule has 0 saturated carbocycles. The van der Waals surface area contributed by atoms with Gasteiger partial charge in [0.25, 0.3) is 5.91 Å². The largest absolute Gasteiger partial charge is 0.389 e. The monoisotopic (exact) mass is 508 g/mol. The number of rotatable bonds is 21. The maximum Gasteiger partial charge on any atom is 0.252 e. The maximum absolute atomic E-state index is 12.5. The van der Waals surface area contributed by atoms with Crippen LogP contribution in [-0.4, -0.2) is 120 Å². The van der Waals surface area contributed by atoms with Crippen molar-refractivity contribution in [2.45, 2.75) is 82.3 Å². The van der Waals surface area contributed by atoms with Crippen molar-refractivity contribution in [1.29, 1.82) is 0 Å². The van der Waals surface area contributed by atoms with Crippen LogP contribution in [0.1, 0.15) is 45.4 Å². The van der Waals surface area contributed by atoms with Gasteiger partial charge in [-0.05, 0) is 6.42 Å². The summed E-state index contributed by atoms with van der Waals surface area (Å²) < 4.78 is 32.4. The molecule has 1 fully saturated rings. The van der Waals surface area contributed by atoms with E-state index in [2.05, 4.69) is 17.6 Å². The Balaban J connectivity index is 2.08. The van der Waals surface area contributed by atoms with Crippen LogP contribution in [0.15, 0.2) is 0 Å². The van der Waals surface area contributed by atoms with Gasteiger partial charge in [-0.3, -0.25) is 4.79 Å². The molecular formula is C24H48N2O9. The average Bonchev–Trinajstić information content (AvgIpc) is 2.86. The summed E-state index contributed by atoms with van der Waals surface area (Å²) in [5.41, 5.74) is 0. The first-order valence-electron chi connectivity index (χ1n) is 12.7. The zero-order valence-corrected chi connectivity index (χ0v) is 21.9. The Morgan fingerprint density at radius 2 is 1.60 bits per heavy atom. The van der Waals surface area contributed by atoms with Crippen LogP contribution in [0.3, 0.4) is 0 Å². The van der Waals surface area contributed by atoms with Gasteiger partial charge in [-0.1, -0.05) is 39.0 Å². The molecule has 6 unspecified atom stereocenters. The molecule has 0 spiro atoms. The van der Waals surface area contributed by atoms with E-state index in [-0.39, 0.29) is 13.2 Å². The van der Waals surface area contributed by atoms with E-state index in [9.17, 15) is 15.0 Å². The highest BCUT2D eigenvalue weighted by Crippen LogP contribution is 2.25. The summed E-state index contributed by atoms with van der Waals surface area (Å²) in [5, 5.41) is 26.2. The number of hydrogen-bond acceptors (Lipinski definition) is 10. The Kier molecular flexibility index (Phi) is 18.5. The van der Waals surface area contributed by atoms with Crippen LogP contribution in [-0.2, 0) is 33.2 Å². The number of ether oxygens (including phenoxy) is 6. The first-order chi connectivity index (χ1) is 17.0. The first-order valence-corrected chi connectivity index (χ1v) is 12.7. The summed E-state index contributed by atoms with van der Waals surface area (Å²) in [6, 6.07) is 0. The van der Waals surface area contributed by atoms with Gasteiger partial charge in [-0.25, -0.2) is 0 Å².